The SMILES string of the molecule is O=S(=O)(NCCCN1CCOCC1)c1ccc(N2CCCCS2(=O)=O)cc1. The van der Waals surface area contributed by atoms with Crippen LogP contribution >= 0.6 is 0 Å². The van der Waals surface area contributed by atoms with Crippen molar-refractivity contribution in [3.8, 4) is 0 Å². The molecule has 3 rings (SSSR count). The molecule has 1 aromatic rings. The van der Waals surface area contributed by atoms with E-state index in [-0.39, 0.29) is 10.6 Å². The van der Waals surface area contributed by atoms with E-state index in [4.69, 9.17) is 4.74 Å². The van der Waals surface area contributed by atoms with E-state index in [1.54, 1.807) is 12.1 Å². The monoisotopic (exact) mass is 417 g/mol. The van der Waals surface area contributed by atoms with Crippen molar-refractivity contribution in [3.63, 3.8) is 0 Å². The van der Waals surface area contributed by atoms with Crippen molar-refractivity contribution in [2.45, 2.75) is 24.2 Å². The van der Waals surface area contributed by atoms with Crippen molar-refractivity contribution in [3.05, 3.63) is 24.3 Å². The second kappa shape index (κ2) is 8.87. The third-order valence-corrected chi connectivity index (χ3v) is 8.18. The van der Waals surface area contributed by atoms with Crippen molar-refractivity contribution in [1.82, 2.24) is 9.62 Å². The number of anilines is 1. The molecule has 0 bridgehead atoms. The van der Waals surface area contributed by atoms with E-state index in [0.717, 1.165) is 45.7 Å². The Morgan fingerprint density at radius 3 is 2.41 bits per heavy atom. The second-order valence-electron chi connectivity index (χ2n) is 6.79. The van der Waals surface area contributed by atoms with Gasteiger partial charge in [0.2, 0.25) is 20.0 Å². The van der Waals surface area contributed by atoms with E-state index >= 15 is 0 Å². The van der Waals surface area contributed by atoms with Gasteiger partial charge in [-0.25, -0.2) is 21.6 Å². The normalized spacial score (nSPS) is 21.3. The Kier molecular flexibility index (Phi) is 6.74. The smallest absolute Gasteiger partial charge is 0.240 e. The van der Waals surface area contributed by atoms with Crippen LogP contribution in [-0.4, -0.2) is 73.4 Å². The summed E-state index contributed by atoms with van der Waals surface area (Å²) < 4.78 is 58.4. The first kappa shape index (κ1) is 20.5. The summed E-state index contributed by atoms with van der Waals surface area (Å²) in [5, 5.41) is 0. The van der Waals surface area contributed by atoms with Gasteiger partial charge in [-0.05, 0) is 50.1 Å². The quantitative estimate of drug-likeness (QED) is 0.654. The van der Waals surface area contributed by atoms with E-state index in [1.807, 2.05) is 0 Å². The van der Waals surface area contributed by atoms with Crippen LogP contribution in [0.25, 0.3) is 0 Å². The van der Waals surface area contributed by atoms with Crippen molar-refractivity contribution in [2.24, 2.45) is 0 Å². The van der Waals surface area contributed by atoms with Gasteiger partial charge in [0.05, 0.1) is 29.5 Å². The zero-order chi connectivity index (χ0) is 19.3. The average Bonchev–Trinajstić information content (AvgIpc) is 2.66. The summed E-state index contributed by atoms with van der Waals surface area (Å²) in [6, 6.07) is 6.05. The number of sulfonamides is 2. The highest BCUT2D eigenvalue weighted by Gasteiger charge is 2.26. The van der Waals surface area contributed by atoms with Crippen LogP contribution in [0.2, 0.25) is 0 Å². The number of ether oxygens (including phenoxy) is 1. The molecule has 0 aliphatic carbocycles. The summed E-state index contributed by atoms with van der Waals surface area (Å²) in [5.41, 5.74) is 0.515. The first-order valence-corrected chi connectivity index (χ1v) is 12.4. The fourth-order valence-electron chi connectivity index (χ4n) is 3.29. The molecule has 0 unspecified atom stereocenters. The van der Waals surface area contributed by atoms with Gasteiger partial charge >= 0.3 is 0 Å². The molecule has 1 aromatic carbocycles. The molecular formula is C17H27N3O5S2. The van der Waals surface area contributed by atoms with Crippen molar-refractivity contribution in [2.75, 3.05) is 56.0 Å². The fourth-order valence-corrected chi connectivity index (χ4v) is 6.00. The number of rotatable bonds is 7. The van der Waals surface area contributed by atoms with Crippen LogP contribution in [0.5, 0.6) is 0 Å². The Labute approximate surface area is 161 Å². The summed E-state index contributed by atoms with van der Waals surface area (Å²) in [7, 11) is -6.90. The maximum Gasteiger partial charge on any atom is 0.240 e. The average molecular weight is 418 g/mol. The zero-order valence-corrected chi connectivity index (χ0v) is 17.0. The molecule has 0 amide bonds. The Bertz CT molecular complexity index is 819. The second-order valence-corrected chi connectivity index (χ2v) is 10.6. The molecule has 2 heterocycles. The summed E-state index contributed by atoms with van der Waals surface area (Å²) in [4.78, 5) is 2.40. The number of hydrogen-bond acceptors (Lipinski definition) is 6. The number of hydrogen-bond donors (Lipinski definition) is 1. The molecule has 8 nitrogen and oxygen atoms in total. The Hall–Kier alpha value is -1.20. The molecule has 2 aliphatic rings. The van der Waals surface area contributed by atoms with Crippen LogP contribution in [0.4, 0.5) is 5.69 Å². The molecule has 0 atom stereocenters. The van der Waals surface area contributed by atoms with E-state index in [9.17, 15) is 16.8 Å². The molecule has 27 heavy (non-hydrogen) atoms. The molecular weight excluding hydrogens is 390 g/mol. The van der Waals surface area contributed by atoms with Gasteiger partial charge in [-0.3, -0.25) is 9.21 Å². The standard InChI is InChI=1S/C17H27N3O5S2/c21-26(22)15-2-1-10-20(26)16-4-6-17(7-5-16)27(23,24)18-8-3-9-19-11-13-25-14-12-19/h4-7,18H,1-3,8-15H2. The third kappa shape index (κ3) is 5.41. The lowest BCUT2D eigenvalue weighted by Crippen LogP contribution is -2.38. The highest BCUT2D eigenvalue weighted by molar-refractivity contribution is 7.92. The summed E-state index contributed by atoms with van der Waals surface area (Å²) in [5.74, 6) is 0.137. The first-order valence-electron chi connectivity index (χ1n) is 9.29. The zero-order valence-electron chi connectivity index (χ0n) is 15.3. The number of benzene rings is 1. The number of morpholine rings is 1. The molecule has 152 valence electrons. The lowest BCUT2D eigenvalue weighted by atomic mass is 10.3. The van der Waals surface area contributed by atoms with Crippen LogP contribution in [0.1, 0.15) is 19.3 Å². The van der Waals surface area contributed by atoms with Crippen LogP contribution < -0.4 is 9.03 Å². The van der Waals surface area contributed by atoms with Crippen molar-refractivity contribution in [1.29, 1.82) is 0 Å². The third-order valence-electron chi connectivity index (χ3n) is 4.83. The van der Waals surface area contributed by atoms with Crippen LogP contribution in [0.15, 0.2) is 29.2 Å². The van der Waals surface area contributed by atoms with Gasteiger partial charge in [0.25, 0.3) is 0 Å². The lowest BCUT2D eigenvalue weighted by molar-refractivity contribution is 0.0376. The maximum absolute atomic E-state index is 12.4. The van der Waals surface area contributed by atoms with Gasteiger partial charge in [0, 0.05) is 26.2 Å². The molecule has 2 saturated heterocycles. The highest BCUT2D eigenvalue weighted by Crippen LogP contribution is 2.24. The van der Waals surface area contributed by atoms with E-state index in [2.05, 4.69) is 9.62 Å². The van der Waals surface area contributed by atoms with Gasteiger partial charge in [-0.15, -0.1) is 0 Å². The summed E-state index contributed by atoms with van der Waals surface area (Å²) >= 11 is 0. The molecule has 0 radical (unpaired) electrons. The van der Waals surface area contributed by atoms with E-state index < -0.39 is 20.0 Å². The topological polar surface area (TPSA) is 96.0 Å². The van der Waals surface area contributed by atoms with Crippen molar-refractivity contribution >= 4 is 25.7 Å². The van der Waals surface area contributed by atoms with Gasteiger partial charge in [-0.1, -0.05) is 0 Å². The van der Waals surface area contributed by atoms with Crippen molar-refractivity contribution < 1.29 is 21.6 Å². The van der Waals surface area contributed by atoms with Gasteiger partial charge < -0.3 is 4.74 Å². The molecule has 0 spiro atoms. The molecule has 0 saturated carbocycles. The molecule has 2 aliphatic heterocycles. The van der Waals surface area contributed by atoms with Crippen LogP contribution in [0.3, 0.4) is 0 Å². The number of nitrogens with one attached hydrogen (secondary N) is 1. The maximum atomic E-state index is 12.4. The Balaban J connectivity index is 1.55. The summed E-state index contributed by atoms with van der Waals surface area (Å²) in [6.07, 6.45) is 2.20. The Morgan fingerprint density at radius 2 is 1.74 bits per heavy atom. The summed E-state index contributed by atoms with van der Waals surface area (Å²) in [6.45, 7) is 4.85. The lowest BCUT2D eigenvalue weighted by Gasteiger charge is -2.28. The molecule has 0 aromatic heterocycles. The predicted octanol–water partition coefficient (Wildman–Crippen LogP) is 0.617. The minimum Gasteiger partial charge on any atom is -0.379 e. The van der Waals surface area contributed by atoms with Gasteiger partial charge in [0.1, 0.15) is 0 Å². The molecule has 10 heteroatoms. The predicted molar refractivity (Wildman–Crippen MR) is 104 cm³/mol. The fraction of sp³-hybridized carbons (Fsp3) is 0.647. The van der Waals surface area contributed by atoms with Gasteiger partial charge in [0.15, 0.2) is 0 Å². The van der Waals surface area contributed by atoms with E-state index in [0.29, 0.717) is 25.2 Å². The van der Waals surface area contributed by atoms with Crippen LogP contribution in [-0.2, 0) is 24.8 Å². The minimum atomic E-state index is -3.60. The van der Waals surface area contributed by atoms with Gasteiger partial charge in [-0.2, -0.15) is 0 Å². The minimum absolute atomic E-state index is 0.137. The van der Waals surface area contributed by atoms with E-state index in [1.165, 1.54) is 16.4 Å². The molecule has 1 N–H and O–H groups in total. The molecule has 2 fully saturated rings. The number of nitrogens with zero attached hydrogens (tertiary/aromatic N) is 2. The highest BCUT2D eigenvalue weighted by atomic mass is 32.2. The first-order chi connectivity index (χ1) is 12.9. The largest absolute Gasteiger partial charge is 0.379 e. The Morgan fingerprint density at radius 1 is 1.04 bits per heavy atom. The van der Waals surface area contributed by atoms with Crippen LogP contribution in [0, 0.1) is 0 Å².